The first-order valence-electron chi connectivity index (χ1n) is 5.14. The molecule has 1 unspecified atom stereocenters. The summed E-state index contributed by atoms with van der Waals surface area (Å²) < 4.78 is 5.14. The van der Waals surface area contributed by atoms with E-state index in [-0.39, 0.29) is 6.04 Å². The van der Waals surface area contributed by atoms with Crippen molar-refractivity contribution in [1.29, 1.82) is 0 Å². The second-order valence-electron chi connectivity index (χ2n) is 3.31. The molecule has 1 aromatic heterocycles. The number of aromatic nitrogens is 2. The Morgan fingerprint density at radius 3 is 2.80 bits per heavy atom. The molecule has 1 rings (SSSR count). The predicted octanol–water partition coefficient (Wildman–Crippen LogP) is 1.18. The highest BCUT2D eigenvalue weighted by Gasteiger charge is 2.16. The Morgan fingerprint density at radius 2 is 2.20 bits per heavy atom. The molecule has 0 radical (unpaired) electrons. The Labute approximate surface area is 90.0 Å². The lowest BCUT2D eigenvalue weighted by molar-refractivity contribution is 0.372. The molecule has 15 heavy (non-hydrogen) atoms. The summed E-state index contributed by atoms with van der Waals surface area (Å²) in [5, 5.41) is 0. The molecular formula is C10H18N4O. The molecule has 1 aromatic rings. The number of hydrogen-bond acceptors (Lipinski definition) is 5. The SMILES string of the molecule is CCCCC(NN)c1nccnc1OC. The quantitative estimate of drug-likeness (QED) is 0.545. The predicted molar refractivity (Wildman–Crippen MR) is 58.2 cm³/mol. The zero-order valence-corrected chi connectivity index (χ0v) is 9.23. The van der Waals surface area contributed by atoms with E-state index in [0.717, 1.165) is 25.0 Å². The molecule has 1 atom stereocenters. The molecular weight excluding hydrogens is 192 g/mol. The normalized spacial score (nSPS) is 12.5. The highest BCUT2D eigenvalue weighted by atomic mass is 16.5. The van der Waals surface area contributed by atoms with E-state index in [0.29, 0.717) is 5.88 Å². The van der Waals surface area contributed by atoms with E-state index in [1.165, 1.54) is 0 Å². The number of ether oxygens (including phenoxy) is 1. The van der Waals surface area contributed by atoms with E-state index in [1.807, 2.05) is 0 Å². The van der Waals surface area contributed by atoms with Gasteiger partial charge in [0.15, 0.2) is 0 Å². The van der Waals surface area contributed by atoms with Crippen LogP contribution in [0, 0.1) is 0 Å². The first-order valence-corrected chi connectivity index (χ1v) is 5.14. The highest BCUT2D eigenvalue weighted by molar-refractivity contribution is 5.20. The fraction of sp³-hybridized carbons (Fsp3) is 0.600. The second kappa shape index (κ2) is 6.31. The molecule has 0 saturated heterocycles. The number of nitrogens with one attached hydrogen (secondary N) is 1. The van der Waals surface area contributed by atoms with E-state index < -0.39 is 0 Å². The highest BCUT2D eigenvalue weighted by Crippen LogP contribution is 2.23. The lowest BCUT2D eigenvalue weighted by Crippen LogP contribution is -2.29. The van der Waals surface area contributed by atoms with Crippen molar-refractivity contribution in [2.24, 2.45) is 5.84 Å². The van der Waals surface area contributed by atoms with Crippen LogP contribution in [0.4, 0.5) is 0 Å². The zero-order valence-electron chi connectivity index (χ0n) is 9.23. The molecule has 3 N–H and O–H groups in total. The van der Waals surface area contributed by atoms with E-state index in [2.05, 4.69) is 22.3 Å². The summed E-state index contributed by atoms with van der Waals surface area (Å²) in [5.41, 5.74) is 3.52. The first-order chi connectivity index (χ1) is 7.33. The topological polar surface area (TPSA) is 73.1 Å². The van der Waals surface area contributed by atoms with E-state index in [4.69, 9.17) is 10.6 Å². The van der Waals surface area contributed by atoms with E-state index in [9.17, 15) is 0 Å². The average Bonchev–Trinajstić information content (AvgIpc) is 2.30. The van der Waals surface area contributed by atoms with Gasteiger partial charge in [0.25, 0.3) is 0 Å². The van der Waals surface area contributed by atoms with Crippen molar-refractivity contribution in [2.75, 3.05) is 7.11 Å². The zero-order chi connectivity index (χ0) is 11.1. The van der Waals surface area contributed by atoms with Gasteiger partial charge in [-0.25, -0.2) is 4.98 Å². The number of hydrazine groups is 1. The minimum absolute atomic E-state index is 0.00796. The number of nitrogens with zero attached hydrogens (tertiary/aromatic N) is 2. The van der Waals surface area contributed by atoms with Crippen LogP contribution in [0.1, 0.15) is 37.9 Å². The Hall–Kier alpha value is -1.20. The van der Waals surface area contributed by atoms with Gasteiger partial charge in [-0.05, 0) is 6.42 Å². The average molecular weight is 210 g/mol. The third kappa shape index (κ3) is 3.14. The maximum Gasteiger partial charge on any atom is 0.237 e. The Balaban J connectivity index is 2.80. The summed E-state index contributed by atoms with van der Waals surface area (Å²) in [6.07, 6.45) is 6.40. The monoisotopic (exact) mass is 210 g/mol. The molecule has 0 aliphatic carbocycles. The summed E-state index contributed by atoms with van der Waals surface area (Å²) in [6.45, 7) is 2.14. The molecule has 5 nitrogen and oxygen atoms in total. The fourth-order valence-electron chi connectivity index (χ4n) is 1.44. The van der Waals surface area contributed by atoms with Gasteiger partial charge in [-0.1, -0.05) is 19.8 Å². The molecule has 0 spiro atoms. The number of hydrogen-bond donors (Lipinski definition) is 2. The van der Waals surface area contributed by atoms with Crippen LogP contribution < -0.4 is 16.0 Å². The number of methoxy groups -OCH3 is 1. The molecule has 0 amide bonds. The number of rotatable bonds is 6. The summed E-state index contributed by atoms with van der Waals surface area (Å²) >= 11 is 0. The molecule has 0 aliphatic rings. The molecule has 0 saturated carbocycles. The first kappa shape index (κ1) is 11.9. The van der Waals surface area contributed by atoms with Gasteiger partial charge < -0.3 is 4.74 Å². The minimum atomic E-state index is 0.00796. The van der Waals surface area contributed by atoms with Crippen LogP contribution >= 0.6 is 0 Å². The van der Waals surface area contributed by atoms with Gasteiger partial charge in [0.05, 0.1) is 13.2 Å². The lowest BCUT2D eigenvalue weighted by atomic mass is 10.1. The maximum atomic E-state index is 5.50. The Bertz CT molecular complexity index is 293. The van der Waals surface area contributed by atoms with Crippen LogP contribution in [0.5, 0.6) is 5.88 Å². The van der Waals surface area contributed by atoms with Gasteiger partial charge in [0.1, 0.15) is 5.69 Å². The summed E-state index contributed by atoms with van der Waals surface area (Å²) in [6, 6.07) is 0.00796. The van der Waals surface area contributed by atoms with E-state index in [1.54, 1.807) is 19.5 Å². The van der Waals surface area contributed by atoms with Crippen molar-refractivity contribution in [3.63, 3.8) is 0 Å². The summed E-state index contributed by atoms with van der Waals surface area (Å²) in [5.74, 6) is 6.03. The number of nitrogens with two attached hydrogens (primary N) is 1. The van der Waals surface area contributed by atoms with E-state index >= 15 is 0 Å². The third-order valence-electron chi connectivity index (χ3n) is 2.26. The Morgan fingerprint density at radius 1 is 1.47 bits per heavy atom. The van der Waals surface area contributed by atoms with Crippen molar-refractivity contribution in [3.8, 4) is 5.88 Å². The van der Waals surface area contributed by atoms with Gasteiger partial charge in [-0.2, -0.15) is 0 Å². The smallest absolute Gasteiger partial charge is 0.237 e. The lowest BCUT2D eigenvalue weighted by Gasteiger charge is -2.16. The molecule has 0 fully saturated rings. The van der Waals surface area contributed by atoms with Crippen LogP contribution in [-0.2, 0) is 0 Å². The van der Waals surface area contributed by atoms with Gasteiger partial charge in [0.2, 0.25) is 5.88 Å². The molecule has 5 heteroatoms. The van der Waals surface area contributed by atoms with Gasteiger partial charge in [0, 0.05) is 12.4 Å². The van der Waals surface area contributed by atoms with Crippen molar-refractivity contribution >= 4 is 0 Å². The standard InChI is InChI=1S/C10H18N4O/c1-3-4-5-8(14-11)9-10(15-2)13-7-6-12-9/h6-8,14H,3-5,11H2,1-2H3. The van der Waals surface area contributed by atoms with Crippen LogP contribution in [0.2, 0.25) is 0 Å². The maximum absolute atomic E-state index is 5.50. The van der Waals surface area contributed by atoms with Crippen molar-refractivity contribution in [3.05, 3.63) is 18.1 Å². The van der Waals surface area contributed by atoms with Crippen LogP contribution in [0.25, 0.3) is 0 Å². The van der Waals surface area contributed by atoms with Crippen LogP contribution in [0.15, 0.2) is 12.4 Å². The summed E-state index contributed by atoms with van der Waals surface area (Å²) in [7, 11) is 1.58. The Kier molecular flexibility index (Phi) is 5.00. The largest absolute Gasteiger partial charge is 0.480 e. The van der Waals surface area contributed by atoms with Crippen molar-refractivity contribution < 1.29 is 4.74 Å². The minimum Gasteiger partial charge on any atom is -0.480 e. The van der Waals surface area contributed by atoms with Crippen molar-refractivity contribution in [2.45, 2.75) is 32.2 Å². The summed E-state index contributed by atoms with van der Waals surface area (Å²) in [4.78, 5) is 8.34. The van der Waals surface area contributed by atoms with Gasteiger partial charge >= 0.3 is 0 Å². The second-order valence-corrected chi connectivity index (χ2v) is 3.31. The molecule has 0 aromatic carbocycles. The van der Waals surface area contributed by atoms with Gasteiger partial charge in [-0.3, -0.25) is 16.3 Å². The van der Waals surface area contributed by atoms with Gasteiger partial charge in [-0.15, -0.1) is 0 Å². The molecule has 1 heterocycles. The third-order valence-corrected chi connectivity index (χ3v) is 2.26. The molecule has 84 valence electrons. The fourth-order valence-corrected chi connectivity index (χ4v) is 1.44. The van der Waals surface area contributed by atoms with Crippen molar-refractivity contribution in [1.82, 2.24) is 15.4 Å². The molecule has 0 bridgehead atoms. The number of unbranched alkanes of at least 4 members (excludes halogenated alkanes) is 1. The van der Waals surface area contributed by atoms with Crippen LogP contribution in [0.3, 0.4) is 0 Å². The van der Waals surface area contributed by atoms with Crippen LogP contribution in [-0.4, -0.2) is 17.1 Å². The molecule has 0 aliphatic heterocycles.